The number of esters is 1. The first-order chi connectivity index (χ1) is 25.6. The van der Waals surface area contributed by atoms with Gasteiger partial charge in [0.25, 0.3) is 5.91 Å². The highest BCUT2D eigenvalue weighted by molar-refractivity contribution is 8.00. The van der Waals surface area contributed by atoms with E-state index in [9.17, 15) is 33.6 Å². The summed E-state index contributed by atoms with van der Waals surface area (Å²) >= 11 is 7.45. The molecule has 0 bridgehead atoms. The van der Waals surface area contributed by atoms with E-state index in [1.807, 2.05) is 60.7 Å². The molecule has 53 heavy (non-hydrogen) atoms. The molecule has 3 atom stereocenters. The number of urea groups is 1. The molecule has 274 valence electrons. The van der Waals surface area contributed by atoms with Crippen molar-refractivity contribution in [2.24, 2.45) is 0 Å². The molecule has 3 N–H and O–H groups in total. The largest absolute Gasteiger partial charge is 0.448 e. The van der Waals surface area contributed by atoms with Crippen molar-refractivity contribution in [2.75, 3.05) is 31.3 Å². The number of ether oxygens (including phenoxy) is 1. The van der Waals surface area contributed by atoms with Crippen molar-refractivity contribution < 1.29 is 38.3 Å². The predicted molar refractivity (Wildman–Crippen MR) is 193 cm³/mol. The fraction of sp³-hybridized carbons (Fsp3) is 0.270. The topological polar surface area (TPSA) is 175 Å². The molecule has 6 rings (SSSR count). The molecule has 3 heterocycles. The normalized spacial score (nSPS) is 20.3. The average molecular weight is 759 g/mol. The second kappa shape index (κ2) is 15.9. The first-order valence-corrected chi connectivity index (χ1v) is 18.3. The van der Waals surface area contributed by atoms with Crippen molar-refractivity contribution in [1.82, 2.24) is 30.7 Å². The molecule has 0 unspecified atom stereocenters. The number of amides is 7. The van der Waals surface area contributed by atoms with Crippen LogP contribution in [0.4, 0.5) is 4.79 Å². The Morgan fingerprint density at radius 2 is 1.49 bits per heavy atom. The number of fused-ring (bicyclic) bond motifs is 1. The monoisotopic (exact) mass is 758 g/mol. The number of alkyl halides is 1. The molecular formula is C37H35ClN6O8S. The van der Waals surface area contributed by atoms with Crippen LogP contribution in [0.15, 0.2) is 102 Å². The zero-order chi connectivity index (χ0) is 37.7. The van der Waals surface area contributed by atoms with Crippen molar-refractivity contribution in [2.45, 2.75) is 30.1 Å². The number of hydrogen-bond donors (Lipinski definition) is 3. The molecule has 0 aliphatic carbocycles. The highest BCUT2D eigenvalue weighted by Crippen LogP contribution is 2.46. The van der Waals surface area contributed by atoms with Gasteiger partial charge in [0.05, 0.1) is 0 Å². The molecule has 3 aliphatic rings. The Morgan fingerprint density at radius 3 is 2.04 bits per heavy atom. The van der Waals surface area contributed by atoms with E-state index in [1.165, 1.54) is 4.90 Å². The lowest BCUT2D eigenvalue weighted by Crippen LogP contribution is -2.85. The number of nitrogens with zero attached hydrogens (tertiary/aromatic N) is 3. The van der Waals surface area contributed by atoms with Crippen LogP contribution in [0.5, 0.6) is 0 Å². The fourth-order valence-electron chi connectivity index (χ4n) is 6.42. The number of hydrogen-bond acceptors (Lipinski definition) is 9. The lowest BCUT2D eigenvalue weighted by molar-refractivity contribution is -0.164. The van der Waals surface area contributed by atoms with Gasteiger partial charge in [0.15, 0.2) is 6.10 Å². The van der Waals surface area contributed by atoms with Gasteiger partial charge in [-0.25, -0.2) is 9.59 Å². The van der Waals surface area contributed by atoms with Gasteiger partial charge in [-0.2, -0.15) is 0 Å². The Hall–Kier alpha value is -5.67. The van der Waals surface area contributed by atoms with E-state index in [1.54, 1.807) is 37.3 Å². The number of thioether (sulfide) groups is 1. The molecule has 3 aromatic carbocycles. The van der Waals surface area contributed by atoms with E-state index in [4.69, 9.17) is 16.3 Å². The number of imide groups is 1. The summed E-state index contributed by atoms with van der Waals surface area (Å²) in [6.45, 7) is 2.01. The molecule has 2 saturated heterocycles. The van der Waals surface area contributed by atoms with Gasteiger partial charge in [-0.15, -0.1) is 23.4 Å². The SMILES string of the molecule is CCN1CCN(C(=O)N[C@@H](C(=O)N[C@]2(NC=O)C(=O)N3C(C(=O)OC(c4ccccc4)c4ccccc4)=C(CCl)CS[C@@H]32)c2ccccc2)C(=O)C1=O. The van der Waals surface area contributed by atoms with Crippen LogP contribution >= 0.6 is 23.4 Å². The maximum absolute atomic E-state index is 14.2. The van der Waals surface area contributed by atoms with Crippen LogP contribution in [0.3, 0.4) is 0 Å². The summed E-state index contributed by atoms with van der Waals surface area (Å²) in [5, 5.41) is 6.55. The van der Waals surface area contributed by atoms with E-state index >= 15 is 0 Å². The first-order valence-electron chi connectivity index (χ1n) is 16.7. The van der Waals surface area contributed by atoms with Gasteiger partial charge < -0.3 is 25.6 Å². The maximum atomic E-state index is 14.2. The van der Waals surface area contributed by atoms with Crippen LogP contribution < -0.4 is 16.0 Å². The van der Waals surface area contributed by atoms with Crippen molar-refractivity contribution in [3.63, 3.8) is 0 Å². The summed E-state index contributed by atoms with van der Waals surface area (Å²) in [5.41, 5.74) is -0.0884. The zero-order valence-corrected chi connectivity index (χ0v) is 30.0. The highest BCUT2D eigenvalue weighted by atomic mass is 35.5. The minimum Gasteiger partial charge on any atom is -0.448 e. The maximum Gasteiger partial charge on any atom is 0.356 e. The van der Waals surface area contributed by atoms with Crippen LogP contribution in [-0.2, 0) is 33.5 Å². The third kappa shape index (κ3) is 7.09. The summed E-state index contributed by atoms with van der Waals surface area (Å²) in [6.07, 6.45) is -0.582. The lowest BCUT2D eigenvalue weighted by Gasteiger charge is -2.56. The van der Waals surface area contributed by atoms with Crippen LogP contribution in [0.25, 0.3) is 0 Å². The third-order valence-electron chi connectivity index (χ3n) is 9.14. The van der Waals surface area contributed by atoms with Gasteiger partial charge in [-0.05, 0) is 29.2 Å². The molecule has 0 radical (unpaired) electrons. The minimum atomic E-state index is -2.05. The number of likely N-dealkylation sites (N-methyl/N-ethyl adjacent to an activating group) is 1. The lowest BCUT2D eigenvalue weighted by atomic mass is 9.94. The summed E-state index contributed by atoms with van der Waals surface area (Å²) in [5.74, 6) is -4.45. The Bertz CT molecular complexity index is 1910. The van der Waals surface area contributed by atoms with Crippen LogP contribution in [-0.4, -0.2) is 99.0 Å². The molecule has 0 spiro atoms. The van der Waals surface area contributed by atoms with Gasteiger partial charge >= 0.3 is 23.8 Å². The molecule has 0 saturated carbocycles. The Labute approximate surface area is 313 Å². The Morgan fingerprint density at radius 1 is 0.906 bits per heavy atom. The number of carbonyl (C=O) groups excluding carboxylic acids is 7. The first kappa shape index (κ1) is 37.1. The van der Waals surface area contributed by atoms with E-state index in [0.717, 1.165) is 21.6 Å². The number of piperazine rings is 1. The quantitative estimate of drug-likeness (QED) is 0.0626. The van der Waals surface area contributed by atoms with Gasteiger partial charge in [-0.3, -0.25) is 33.8 Å². The zero-order valence-electron chi connectivity index (χ0n) is 28.4. The molecule has 0 aromatic heterocycles. The second-order valence-corrected chi connectivity index (χ2v) is 13.6. The number of benzene rings is 3. The summed E-state index contributed by atoms with van der Waals surface area (Å²) in [4.78, 5) is 96.3. The number of β-lactam (4-membered cyclic amide) rings is 1. The fourth-order valence-corrected chi connectivity index (χ4v) is 8.18. The molecule has 16 heteroatoms. The molecular weight excluding hydrogens is 724 g/mol. The van der Waals surface area contributed by atoms with E-state index in [2.05, 4.69) is 16.0 Å². The van der Waals surface area contributed by atoms with Crippen molar-refractivity contribution in [3.8, 4) is 0 Å². The molecule has 3 aliphatic heterocycles. The van der Waals surface area contributed by atoms with Crippen LogP contribution in [0, 0.1) is 0 Å². The number of nitrogens with one attached hydrogen (secondary N) is 3. The van der Waals surface area contributed by atoms with Gasteiger partial charge in [0.2, 0.25) is 18.0 Å². The molecule has 14 nitrogen and oxygen atoms in total. The van der Waals surface area contributed by atoms with Gasteiger partial charge in [0, 0.05) is 31.3 Å². The third-order valence-corrected chi connectivity index (χ3v) is 10.9. The second-order valence-electron chi connectivity index (χ2n) is 12.2. The van der Waals surface area contributed by atoms with E-state index in [0.29, 0.717) is 16.7 Å². The Balaban J connectivity index is 1.27. The summed E-state index contributed by atoms with van der Waals surface area (Å²) < 4.78 is 6.09. The molecule has 3 aromatic rings. The van der Waals surface area contributed by atoms with Gasteiger partial charge in [-0.1, -0.05) is 91.0 Å². The molecule has 2 fully saturated rings. The summed E-state index contributed by atoms with van der Waals surface area (Å²) in [6, 6.07) is 23.7. The smallest absolute Gasteiger partial charge is 0.356 e. The van der Waals surface area contributed by atoms with Crippen molar-refractivity contribution in [3.05, 3.63) is 119 Å². The van der Waals surface area contributed by atoms with Gasteiger partial charge in [0.1, 0.15) is 17.1 Å². The van der Waals surface area contributed by atoms with Crippen LogP contribution in [0.1, 0.15) is 35.8 Å². The van der Waals surface area contributed by atoms with Crippen LogP contribution in [0.2, 0.25) is 0 Å². The molecule has 7 amide bonds. The number of halogens is 1. The standard InChI is InChI=1S/C37H35ClN6O8S/c1-2-42-18-19-43(32(48)31(42)47)36(51)40-27(23-12-6-3-7-13-23)30(46)41-37(39-22-45)34(50)44-28(26(20-38)21-53-35(37)44)33(49)52-29(24-14-8-4-9-15-24)25-16-10-5-11-17-25/h3-17,22,27,29,35H,2,18-21H2,1H3,(H,39,45)(H,40,51)(H,41,46)/t27-,35-,37-/m1/s1. The minimum absolute atomic E-state index is 0.0975. The Kier molecular flexibility index (Phi) is 11.1. The van der Waals surface area contributed by atoms with E-state index < -0.39 is 58.8 Å². The highest BCUT2D eigenvalue weighted by Gasteiger charge is 2.66. The average Bonchev–Trinajstić information content (AvgIpc) is 3.19. The van der Waals surface area contributed by atoms with E-state index in [-0.39, 0.29) is 48.9 Å². The number of carbonyl (C=O) groups is 7. The van der Waals surface area contributed by atoms with Crippen molar-refractivity contribution >= 4 is 65.4 Å². The number of rotatable bonds is 12. The predicted octanol–water partition coefficient (Wildman–Crippen LogP) is 2.43. The van der Waals surface area contributed by atoms with Crippen molar-refractivity contribution in [1.29, 1.82) is 0 Å². The summed E-state index contributed by atoms with van der Waals surface area (Å²) in [7, 11) is 0.